The van der Waals surface area contributed by atoms with Crippen LogP contribution in [0, 0.1) is 0 Å². The van der Waals surface area contributed by atoms with Crippen LogP contribution in [0.15, 0.2) is 36.5 Å². The zero-order chi connectivity index (χ0) is 13.8. The molecule has 1 fully saturated rings. The fourth-order valence-electron chi connectivity index (χ4n) is 2.69. The lowest BCUT2D eigenvalue weighted by molar-refractivity contribution is 0.291. The van der Waals surface area contributed by atoms with E-state index in [2.05, 4.69) is 16.0 Å². The highest BCUT2D eigenvalue weighted by Crippen LogP contribution is 2.27. The predicted octanol–water partition coefficient (Wildman–Crippen LogP) is 4.62. The van der Waals surface area contributed by atoms with Gasteiger partial charge in [-0.1, -0.05) is 30.9 Å². The molecule has 0 spiro atoms. The van der Waals surface area contributed by atoms with Gasteiger partial charge in [0.2, 0.25) is 0 Å². The topological polar surface area (TPSA) is 27.1 Å². The van der Waals surface area contributed by atoms with E-state index >= 15 is 0 Å². The third kappa shape index (κ3) is 3.34. The van der Waals surface area contributed by atoms with Crippen LogP contribution in [0.1, 0.15) is 43.8 Å². The molecule has 1 aromatic heterocycles. The van der Waals surface area contributed by atoms with Gasteiger partial charge in [-0.2, -0.15) is 5.10 Å². The monoisotopic (exact) mass is 290 g/mol. The second-order valence-corrected chi connectivity index (χ2v) is 5.76. The van der Waals surface area contributed by atoms with Crippen molar-refractivity contribution in [3.63, 3.8) is 0 Å². The average molecular weight is 291 g/mol. The van der Waals surface area contributed by atoms with Gasteiger partial charge in [-0.05, 0) is 43.2 Å². The zero-order valence-corrected chi connectivity index (χ0v) is 12.2. The van der Waals surface area contributed by atoms with Crippen molar-refractivity contribution in [2.75, 3.05) is 0 Å². The molecule has 0 N–H and O–H groups in total. The summed E-state index contributed by atoms with van der Waals surface area (Å²) < 4.78 is 7.82. The maximum atomic E-state index is 5.85. The van der Waals surface area contributed by atoms with E-state index in [4.69, 9.17) is 16.3 Å². The summed E-state index contributed by atoms with van der Waals surface area (Å²) in [6.45, 7) is 0.501. The molecule has 0 unspecified atom stereocenters. The Labute approximate surface area is 124 Å². The van der Waals surface area contributed by atoms with E-state index in [0.717, 1.165) is 16.5 Å². The van der Waals surface area contributed by atoms with Crippen LogP contribution in [0.5, 0.6) is 5.75 Å². The number of aromatic nitrogens is 2. The van der Waals surface area contributed by atoms with Gasteiger partial charge in [0.05, 0.1) is 11.7 Å². The smallest absolute Gasteiger partial charge is 0.132 e. The average Bonchev–Trinajstić information content (AvgIpc) is 2.97. The summed E-state index contributed by atoms with van der Waals surface area (Å²) in [7, 11) is 0. The van der Waals surface area contributed by atoms with Gasteiger partial charge in [0.25, 0.3) is 0 Å². The first kappa shape index (κ1) is 13.5. The lowest BCUT2D eigenvalue weighted by Gasteiger charge is -2.21. The predicted molar refractivity (Wildman–Crippen MR) is 80.1 cm³/mol. The van der Waals surface area contributed by atoms with Crippen molar-refractivity contribution in [2.45, 2.75) is 44.8 Å². The maximum absolute atomic E-state index is 5.85. The van der Waals surface area contributed by atoms with Crippen LogP contribution in [0.2, 0.25) is 5.02 Å². The highest BCUT2D eigenvalue weighted by molar-refractivity contribution is 6.30. The molecule has 0 atom stereocenters. The molecule has 0 saturated heterocycles. The van der Waals surface area contributed by atoms with Gasteiger partial charge in [-0.3, -0.25) is 4.68 Å². The minimum absolute atomic E-state index is 0.501. The second-order valence-electron chi connectivity index (χ2n) is 5.32. The molecule has 1 heterocycles. The van der Waals surface area contributed by atoms with Crippen LogP contribution < -0.4 is 4.74 Å². The van der Waals surface area contributed by atoms with E-state index in [1.54, 1.807) is 0 Å². The SMILES string of the molecule is Clc1ccc(OCc2ccn(C3CCCCC3)n2)cc1. The number of hydrogen-bond acceptors (Lipinski definition) is 2. The first-order valence-corrected chi connectivity index (χ1v) is 7.61. The minimum atomic E-state index is 0.501. The molecule has 106 valence electrons. The maximum Gasteiger partial charge on any atom is 0.132 e. The minimum Gasteiger partial charge on any atom is -0.487 e. The van der Waals surface area contributed by atoms with Crippen LogP contribution in [0.3, 0.4) is 0 Å². The molecule has 0 amide bonds. The molecule has 0 aliphatic heterocycles. The number of halogens is 1. The lowest BCUT2D eigenvalue weighted by atomic mass is 9.96. The molecule has 1 saturated carbocycles. The largest absolute Gasteiger partial charge is 0.487 e. The summed E-state index contributed by atoms with van der Waals surface area (Å²) in [6.07, 6.45) is 8.58. The van der Waals surface area contributed by atoms with Gasteiger partial charge < -0.3 is 4.74 Å². The molecule has 3 nitrogen and oxygen atoms in total. The van der Waals surface area contributed by atoms with E-state index in [9.17, 15) is 0 Å². The Balaban J connectivity index is 1.58. The highest BCUT2D eigenvalue weighted by atomic mass is 35.5. The van der Waals surface area contributed by atoms with Crippen LogP contribution in [-0.2, 0) is 6.61 Å². The van der Waals surface area contributed by atoms with Gasteiger partial charge in [0.15, 0.2) is 0 Å². The number of benzene rings is 1. The molecule has 20 heavy (non-hydrogen) atoms. The van der Waals surface area contributed by atoms with E-state index in [0.29, 0.717) is 12.6 Å². The summed E-state index contributed by atoms with van der Waals surface area (Å²) in [4.78, 5) is 0. The Morgan fingerprint density at radius 1 is 1.10 bits per heavy atom. The molecular weight excluding hydrogens is 272 g/mol. The number of rotatable bonds is 4. The highest BCUT2D eigenvalue weighted by Gasteiger charge is 2.15. The number of ether oxygens (including phenoxy) is 1. The van der Waals surface area contributed by atoms with Gasteiger partial charge in [-0.25, -0.2) is 0 Å². The Morgan fingerprint density at radius 2 is 1.85 bits per heavy atom. The van der Waals surface area contributed by atoms with Crippen molar-refractivity contribution in [1.29, 1.82) is 0 Å². The number of nitrogens with zero attached hydrogens (tertiary/aromatic N) is 2. The molecule has 1 aromatic carbocycles. The Hall–Kier alpha value is -1.48. The first-order chi connectivity index (χ1) is 9.81. The normalized spacial score (nSPS) is 16.2. The molecule has 2 aromatic rings. The zero-order valence-electron chi connectivity index (χ0n) is 11.5. The van der Waals surface area contributed by atoms with Crippen molar-refractivity contribution in [2.24, 2.45) is 0 Å². The summed E-state index contributed by atoms with van der Waals surface area (Å²) in [5, 5.41) is 5.35. The van der Waals surface area contributed by atoms with Crippen LogP contribution >= 0.6 is 11.6 Å². The second kappa shape index (κ2) is 6.31. The number of hydrogen-bond donors (Lipinski definition) is 0. The van der Waals surface area contributed by atoms with E-state index in [-0.39, 0.29) is 0 Å². The van der Waals surface area contributed by atoms with Gasteiger partial charge in [0, 0.05) is 11.2 Å². The Bertz CT molecular complexity index is 544. The van der Waals surface area contributed by atoms with Crippen LogP contribution in [-0.4, -0.2) is 9.78 Å². The van der Waals surface area contributed by atoms with E-state index < -0.39 is 0 Å². The summed E-state index contributed by atoms with van der Waals surface area (Å²) >= 11 is 5.85. The van der Waals surface area contributed by atoms with E-state index in [1.165, 1.54) is 32.1 Å². The van der Waals surface area contributed by atoms with E-state index in [1.807, 2.05) is 30.3 Å². The molecule has 0 radical (unpaired) electrons. The van der Waals surface area contributed by atoms with Crippen LogP contribution in [0.4, 0.5) is 0 Å². The molecule has 0 bridgehead atoms. The van der Waals surface area contributed by atoms with Crippen molar-refractivity contribution in [1.82, 2.24) is 9.78 Å². The van der Waals surface area contributed by atoms with Gasteiger partial charge in [0.1, 0.15) is 12.4 Å². The quantitative estimate of drug-likeness (QED) is 0.821. The summed E-state index contributed by atoms with van der Waals surface area (Å²) in [6, 6.07) is 10.0. The standard InChI is InChI=1S/C16H19ClN2O/c17-13-6-8-16(9-7-13)20-12-14-10-11-19(18-14)15-4-2-1-3-5-15/h6-11,15H,1-5,12H2. The summed E-state index contributed by atoms with van der Waals surface area (Å²) in [5.41, 5.74) is 0.977. The van der Waals surface area contributed by atoms with Crippen LogP contribution in [0.25, 0.3) is 0 Å². The third-order valence-corrected chi connectivity index (χ3v) is 4.06. The molecule has 1 aliphatic rings. The summed E-state index contributed by atoms with van der Waals surface area (Å²) in [5.74, 6) is 0.821. The Kier molecular flexibility index (Phi) is 4.26. The molecular formula is C16H19ClN2O. The van der Waals surface area contributed by atoms with Gasteiger partial charge >= 0.3 is 0 Å². The first-order valence-electron chi connectivity index (χ1n) is 7.24. The lowest BCUT2D eigenvalue weighted by Crippen LogP contribution is -2.13. The van der Waals surface area contributed by atoms with Crippen molar-refractivity contribution >= 4 is 11.6 Å². The fourth-order valence-corrected chi connectivity index (χ4v) is 2.82. The van der Waals surface area contributed by atoms with Crippen molar-refractivity contribution in [3.05, 3.63) is 47.2 Å². The van der Waals surface area contributed by atoms with Crippen molar-refractivity contribution < 1.29 is 4.74 Å². The molecule has 1 aliphatic carbocycles. The van der Waals surface area contributed by atoms with Crippen molar-refractivity contribution in [3.8, 4) is 5.75 Å². The van der Waals surface area contributed by atoms with Gasteiger partial charge in [-0.15, -0.1) is 0 Å². The fraction of sp³-hybridized carbons (Fsp3) is 0.438. The molecule has 4 heteroatoms. The third-order valence-electron chi connectivity index (χ3n) is 3.81. The Morgan fingerprint density at radius 3 is 2.60 bits per heavy atom. The molecule has 3 rings (SSSR count).